The maximum atomic E-state index is 4.47. The number of aryl methyl sites for hydroxylation is 1. The van der Waals surface area contributed by atoms with Gasteiger partial charge < -0.3 is 5.32 Å². The van der Waals surface area contributed by atoms with Gasteiger partial charge in [0.15, 0.2) is 5.13 Å². The van der Waals surface area contributed by atoms with Crippen LogP contribution in [0.25, 0.3) is 11.4 Å². The van der Waals surface area contributed by atoms with Crippen LogP contribution >= 0.6 is 11.3 Å². The lowest BCUT2D eigenvalue weighted by molar-refractivity contribution is 1.18. The van der Waals surface area contributed by atoms with Crippen molar-refractivity contribution < 1.29 is 0 Å². The lowest BCUT2D eigenvalue weighted by atomic mass is 10.3. The Hall–Kier alpha value is -2.34. The summed E-state index contributed by atoms with van der Waals surface area (Å²) in [5.74, 6) is 0.792. The molecule has 0 radical (unpaired) electrons. The molecule has 0 atom stereocenters. The maximum absolute atomic E-state index is 4.47. The van der Waals surface area contributed by atoms with E-state index in [1.807, 2.05) is 24.4 Å². The van der Waals surface area contributed by atoms with Crippen molar-refractivity contribution in [2.75, 3.05) is 5.32 Å². The Morgan fingerprint density at radius 1 is 1.11 bits per heavy atom. The van der Waals surface area contributed by atoms with Crippen LogP contribution in [0.15, 0.2) is 42.3 Å². The third-order valence-corrected chi connectivity index (χ3v) is 3.24. The van der Waals surface area contributed by atoms with Gasteiger partial charge in [-0.15, -0.1) is 11.3 Å². The molecule has 3 aromatic rings. The highest BCUT2D eigenvalue weighted by Gasteiger charge is 2.06. The van der Waals surface area contributed by atoms with E-state index in [1.54, 1.807) is 24.8 Å². The number of hydrogen-bond acceptors (Lipinski definition) is 6. The first-order valence-electron chi connectivity index (χ1n) is 5.73. The average molecular weight is 269 g/mol. The molecule has 19 heavy (non-hydrogen) atoms. The predicted molar refractivity (Wildman–Crippen MR) is 75.4 cm³/mol. The van der Waals surface area contributed by atoms with Crippen molar-refractivity contribution in [2.24, 2.45) is 0 Å². The zero-order valence-electron chi connectivity index (χ0n) is 10.2. The minimum Gasteiger partial charge on any atom is -0.316 e. The van der Waals surface area contributed by atoms with Gasteiger partial charge in [-0.25, -0.2) is 9.97 Å². The van der Waals surface area contributed by atoms with E-state index in [4.69, 9.17) is 0 Å². The van der Waals surface area contributed by atoms with Crippen LogP contribution < -0.4 is 5.32 Å². The molecule has 0 aliphatic rings. The summed E-state index contributed by atoms with van der Waals surface area (Å²) in [5.41, 5.74) is 2.74. The summed E-state index contributed by atoms with van der Waals surface area (Å²) in [6.07, 6.45) is 6.77. The number of nitrogens with zero attached hydrogens (tertiary/aromatic N) is 4. The van der Waals surface area contributed by atoms with E-state index in [1.165, 1.54) is 11.3 Å². The molecular formula is C13H11N5S. The topological polar surface area (TPSA) is 63.6 Å². The molecule has 0 aromatic carbocycles. The van der Waals surface area contributed by atoms with Gasteiger partial charge in [-0.3, -0.25) is 9.97 Å². The molecule has 0 aliphatic carbocycles. The van der Waals surface area contributed by atoms with Crippen LogP contribution in [0.5, 0.6) is 0 Å². The quantitative estimate of drug-likeness (QED) is 0.791. The van der Waals surface area contributed by atoms with Crippen molar-refractivity contribution in [1.29, 1.82) is 0 Å². The molecule has 3 rings (SSSR count). The smallest absolute Gasteiger partial charge is 0.188 e. The van der Waals surface area contributed by atoms with E-state index >= 15 is 0 Å². The molecule has 0 unspecified atom stereocenters. The van der Waals surface area contributed by atoms with Gasteiger partial charge in [-0.2, -0.15) is 0 Å². The Labute approximate surface area is 114 Å². The van der Waals surface area contributed by atoms with E-state index in [9.17, 15) is 0 Å². The van der Waals surface area contributed by atoms with Crippen LogP contribution in [0, 0.1) is 6.92 Å². The molecule has 0 fully saturated rings. The largest absolute Gasteiger partial charge is 0.316 e. The second-order valence-electron chi connectivity index (χ2n) is 3.97. The van der Waals surface area contributed by atoms with Gasteiger partial charge in [0.2, 0.25) is 0 Å². The first-order chi connectivity index (χ1) is 9.31. The van der Waals surface area contributed by atoms with E-state index in [-0.39, 0.29) is 0 Å². The molecule has 3 heterocycles. The highest BCUT2D eigenvalue weighted by atomic mass is 32.1. The molecule has 94 valence electrons. The summed E-state index contributed by atoms with van der Waals surface area (Å²) in [5, 5.41) is 5.92. The van der Waals surface area contributed by atoms with Crippen LogP contribution in [0.2, 0.25) is 0 Å². The highest BCUT2D eigenvalue weighted by molar-refractivity contribution is 7.14. The monoisotopic (exact) mass is 269 g/mol. The number of aromatic nitrogens is 4. The maximum Gasteiger partial charge on any atom is 0.188 e. The number of nitrogens with one attached hydrogen (secondary N) is 1. The number of thiazole rings is 1. The fraction of sp³-hybridized carbons (Fsp3) is 0.0769. The standard InChI is InChI=1S/C13H11N5S/c1-9-2-3-16-12(6-9)18-13-17-11(8-19-13)10-7-14-4-5-15-10/h2-8H,1H3,(H,16,17,18). The zero-order chi connectivity index (χ0) is 13.1. The lowest BCUT2D eigenvalue weighted by Gasteiger charge is -2.01. The van der Waals surface area contributed by atoms with Crippen LogP contribution in [0.1, 0.15) is 5.56 Å². The molecule has 0 spiro atoms. The van der Waals surface area contributed by atoms with Gasteiger partial charge in [0.1, 0.15) is 17.2 Å². The van der Waals surface area contributed by atoms with Gasteiger partial charge in [0, 0.05) is 24.0 Å². The summed E-state index contributed by atoms with van der Waals surface area (Å²) in [4.78, 5) is 17.0. The Balaban J connectivity index is 1.82. The molecule has 0 bridgehead atoms. The first-order valence-corrected chi connectivity index (χ1v) is 6.61. The van der Waals surface area contributed by atoms with Gasteiger partial charge in [0.25, 0.3) is 0 Å². The normalized spacial score (nSPS) is 10.4. The summed E-state index contributed by atoms with van der Waals surface area (Å²) in [7, 11) is 0. The molecule has 0 saturated carbocycles. The average Bonchev–Trinajstić information content (AvgIpc) is 2.88. The van der Waals surface area contributed by atoms with Gasteiger partial charge in [-0.1, -0.05) is 0 Å². The Morgan fingerprint density at radius 3 is 2.84 bits per heavy atom. The Morgan fingerprint density at radius 2 is 2.05 bits per heavy atom. The number of hydrogen-bond donors (Lipinski definition) is 1. The lowest BCUT2D eigenvalue weighted by Crippen LogP contribution is -1.93. The van der Waals surface area contributed by atoms with Crippen LogP contribution in [-0.4, -0.2) is 19.9 Å². The summed E-state index contributed by atoms with van der Waals surface area (Å²) < 4.78 is 0. The number of rotatable bonds is 3. The van der Waals surface area contributed by atoms with E-state index < -0.39 is 0 Å². The molecule has 0 saturated heterocycles. The minimum absolute atomic E-state index is 0.768. The van der Waals surface area contributed by atoms with Crippen molar-refractivity contribution >= 4 is 22.3 Å². The van der Waals surface area contributed by atoms with E-state index in [0.717, 1.165) is 27.9 Å². The van der Waals surface area contributed by atoms with E-state index in [0.29, 0.717) is 0 Å². The summed E-state index contributed by atoms with van der Waals surface area (Å²) in [6, 6.07) is 3.93. The molecule has 6 heteroatoms. The van der Waals surface area contributed by atoms with Crippen LogP contribution in [0.4, 0.5) is 10.9 Å². The number of pyridine rings is 1. The molecule has 0 amide bonds. The second kappa shape index (κ2) is 5.11. The predicted octanol–water partition coefficient (Wildman–Crippen LogP) is 3.05. The first kappa shape index (κ1) is 11.7. The molecular weight excluding hydrogens is 258 g/mol. The van der Waals surface area contributed by atoms with Gasteiger partial charge >= 0.3 is 0 Å². The molecule has 3 aromatic heterocycles. The van der Waals surface area contributed by atoms with Crippen molar-refractivity contribution in [3.8, 4) is 11.4 Å². The Bertz CT molecular complexity index is 680. The van der Waals surface area contributed by atoms with Crippen LogP contribution in [-0.2, 0) is 0 Å². The van der Waals surface area contributed by atoms with Crippen LogP contribution in [0.3, 0.4) is 0 Å². The second-order valence-corrected chi connectivity index (χ2v) is 4.83. The fourth-order valence-electron chi connectivity index (χ4n) is 1.59. The Kier molecular flexibility index (Phi) is 3.16. The summed E-state index contributed by atoms with van der Waals surface area (Å²) >= 11 is 1.52. The van der Waals surface area contributed by atoms with E-state index in [2.05, 4.69) is 25.3 Å². The minimum atomic E-state index is 0.768. The third kappa shape index (κ3) is 2.74. The molecule has 0 aliphatic heterocycles. The van der Waals surface area contributed by atoms with Crippen molar-refractivity contribution in [2.45, 2.75) is 6.92 Å². The molecule has 5 nitrogen and oxygen atoms in total. The van der Waals surface area contributed by atoms with Crippen molar-refractivity contribution in [3.63, 3.8) is 0 Å². The third-order valence-electron chi connectivity index (χ3n) is 2.48. The van der Waals surface area contributed by atoms with Gasteiger partial charge in [0.05, 0.1) is 6.20 Å². The number of anilines is 2. The fourth-order valence-corrected chi connectivity index (χ4v) is 2.31. The van der Waals surface area contributed by atoms with Crippen molar-refractivity contribution in [1.82, 2.24) is 19.9 Å². The molecule has 1 N–H and O–H groups in total. The zero-order valence-corrected chi connectivity index (χ0v) is 11.1. The SMILES string of the molecule is Cc1ccnc(Nc2nc(-c3cnccn3)cs2)c1. The highest BCUT2D eigenvalue weighted by Crippen LogP contribution is 2.24. The summed E-state index contributed by atoms with van der Waals surface area (Å²) in [6.45, 7) is 2.03. The van der Waals surface area contributed by atoms with Crippen molar-refractivity contribution in [3.05, 3.63) is 47.9 Å². The van der Waals surface area contributed by atoms with Gasteiger partial charge in [-0.05, 0) is 24.6 Å².